The second-order valence-corrected chi connectivity index (χ2v) is 8.17. The Morgan fingerprint density at radius 1 is 1.03 bits per heavy atom. The maximum Gasteiger partial charge on any atom is 0.293 e. The van der Waals surface area contributed by atoms with E-state index in [1.54, 1.807) is 43.5 Å². The fourth-order valence-corrected chi connectivity index (χ4v) is 4.25. The Kier molecular flexibility index (Phi) is 8.55. The van der Waals surface area contributed by atoms with Gasteiger partial charge in [0.15, 0.2) is 11.5 Å². The van der Waals surface area contributed by atoms with Gasteiger partial charge in [0.2, 0.25) is 5.75 Å². The van der Waals surface area contributed by atoms with E-state index in [0.29, 0.717) is 35.0 Å². The van der Waals surface area contributed by atoms with Gasteiger partial charge in [-0.25, -0.2) is 0 Å². The topological polar surface area (TPSA) is 103 Å². The molecule has 2 aromatic carbocycles. The molecule has 34 heavy (non-hydrogen) atoms. The summed E-state index contributed by atoms with van der Waals surface area (Å²) in [5, 5.41) is 2.34. The first-order valence-electron chi connectivity index (χ1n) is 10.3. The summed E-state index contributed by atoms with van der Waals surface area (Å²) in [5.41, 5.74) is 1.97. The lowest BCUT2D eigenvalue weighted by Gasteiger charge is -2.14. The molecule has 1 fully saturated rings. The second-order valence-electron chi connectivity index (χ2n) is 7.18. The SMILES string of the molecule is COCc1cccc(C(=O)NCCN2C(=O)S/C(=C\c3cc(OC)c(OC)c(OC)c3)C2=O)c1. The van der Waals surface area contributed by atoms with Crippen molar-refractivity contribution in [1.82, 2.24) is 10.2 Å². The molecule has 1 aliphatic heterocycles. The number of carbonyl (C=O) groups excluding carboxylic acids is 3. The van der Waals surface area contributed by atoms with Crippen LogP contribution in [0.3, 0.4) is 0 Å². The molecule has 1 heterocycles. The Hall–Kier alpha value is -3.50. The van der Waals surface area contributed by atoms with E-state index in [4.69, 9.17) is 18.9 Å². The summed E-state index contributed by atoms with van der Waals surface area (Å²) in [6.45, 7) is 0.583. The fourth-order valence-electron chi connectivity index (χ4n) is 3.38. The number of thioether (sulfide) groups is 1. The third-order valence-electron chi connectivity index (χ3n) is 4.98. The van der Waals surface area contributed by atoms with E-state index in [1.807, 2.05) is 6.07 Å². The minimum atomic E-state index is -0.430. The van der Waals surface area contributed by atoms with Crippen LogP contribution in [0, 0.1) is 0 Å². The zero-order chi connectivity index (χ0) is 24.7. The predicted molar refractivity (Wildman–Crippen MR) is 128 cm³/mol. The molecular weight excluding hydrogens is 460 g/mol. The lowest BCUT2D eigenvalue weighted by molar-refractivity contribution is -0.122. The number of hydrogen-bond donors (Lipinski definition) is 1. The lowest BCUT2D eigenvalue weighted by Crippen LogP contribution is -2.37. The van der Waals surface area contributed by atoms with Crippen molar-refractivity contribution in [3.63, 3.8) is 0 Å². The molecule has 1 saturated heterocycles. The van der Waals surface area contributed by atoms with Crippen LogP contribution in [0.1, 0.15) is 21.5 Å². The van der Waals surface area contributed by atoms with E-state index in [1.165, 1.54) is 21.3 Å². The van der Waals surface area contributed by atoms with Gasteiger partial charge in [-0.15, -0.1) is 0 Å². The molecule has 1 N–H and O–H groups in total. The van der Waals surface area contributed by atoms with Gasteiger partial charge in [-0.1, -0.05) is 12.1 Å². The highest BCUT2D eigenvalue weighted by molar-refractivity contribution is 8.18. The molecular formula is C24H26N2O7S. The molecule has 0 atom stereocenters. The van der Waals surface area contributed by atoms with Crippen molar-refractivity contribution < 1.29 is 33.3 Å². The van der Waals surface area contributed by atoms with Gasteiger partial charge in [0.1, 0.15) is 0 Å². The van der Waals surface area contributed by atoms with Crippen LogP contribution in [-0.2, 0) is 16.1 Å². The van der Waals surface area contributed by atoms with Gasteiger partial charge in [-0.2, -0.15) is 0 Å². The van der Waals surface area contributed by atoms with Gasteiger partial charge in [0, 0.05) is 25.8 Å². The molecule has 2 aromatic rings. The quantitative estimate of drug-likeness (QED) is 0.510. The first-order chi connectivity index (χ1) is 16.4. The molecule has 1 aliphatic rings. The highest BCUT2D eigenvalue weighted by atomic mass is 32.2. The summed E-state index contributed by atoms with van der Waals surface area (Å²) in [7, 11) is 6.08. The molecule has 3 amide bonds. The van der Waals surface area contributed by atoms with E-state index in [0.717, 1.165) is 22.2 Å². The van der Waals surface area contributed by atoms with Crippen LogP contribution in [0.4, 0.5) is 4.79 Å². The average molecular weight is 487 g/mol. The fraction of sp³-hybridized carbons (Fsp3) is 0.292. The summed E-state index contributed by atoms with van der Waals surface area (Å²) < 4.78 is 21.1. The maximum absolute atomic E-state index is 12.8. The minimum absolute atomic E-state index is 0.0563. The highest BCUT2D eigenvalue weighted by Crippen LogP contribution is 2.40. The number of hydrogen-bond acceptors (Lipinski definition) is 8. The van der Waals surface area contributed by atoms with Crippen molar-refractivity contribution in [1.29, 1.82) is 0 Å². The summed E-state index contributed by atoms with van der Waals surface area (Å²) in [5.74, 6) is 0.575. The van der Waals surface area contributed by atoms with Crippen molar-refractivity contribution in [2.45, 2.75) is 6.61 Å². The van der Waals surface area contributed by atoms with Crippen LogP contribution >= 0.6 is 11.8 Å². The Labute approximate surface area is 202 Å². The highest BCUT2D eigenvalue weighted by Gasteiger charge is 2.34. The van der Waals surface area contributed by atoms with Crippen LogP contribution in [0.25, 0.3) is 6.08 Å². The number of rotatable bonds is 10. The third-order valence-corrected chi connectivity index (χ3v) is 5.89. The number of nitrogens with one attached hydrogen (secondary N) is 1. The van der Waals surface area contributed by atoms with E-state index in [-0.39, 0.29) is 23.9 Å². The number of benzene rings is 2. The average Bonchev–Trinajstić information content (AvgIpc) is 3.10. The van der Waals surface area contributed by atoms with E-state index in [9.17, 15) is 14.4 Å². The third kappa shape index (κ3) is 5.70. The molecule has 0 unspecified atom stereocenters. The molecule has 9 nitrogen and oxygen atoms in total. The molecule has 0 spiro atoms. The normalized spacial score (nSPS) is 14.5. The summed E-state index contributed by atoms with van der Waals surface area (Å²) >= 11 is 0.835. The smallest absolute Gasteiger partial charge is 0.293 e. The minimum Gasteiger partial charge on any atom is -0.493 e. The van der Waals surface area contributed by atoms with Gasteiger partial charge < -0.3 is 24.3 Å². The first-order valence-corrected chi connectivity index (χ1v) is 11.1. The molecule has 180 valence electrons. The molecule has 0 aromatic heterocycles. The molecule has 0 aliphatic carbocycles. The van der Waals surface area contributed by atoms with Crippen LogP contribution < -0.4 is 19.5 Å². The van der Waals surface area contributed by atoms with Gasteiger partial charge in [0.05, 0.1) is 32.8 Å². The van der Waals surface area contributed by atoms with Gasteiger partial charge >= 0.3 is 0 Å². The second kappa shape index (κ2) is 11.6. The van der Waals surface area contributed by atoms with Gasteiger partial charge in [0.25, 0.3) is 17.1 Å². The van der Waals surface area contributed by atoms with Crippen LogP contribution in [0.2, 0.25) is 0 Å². The number of amides is 3. The van der Waals surface area contributed by atoms with E-state index >= 15 is 0 Å². The van der Waals surface area contributed by atoms with Gasteiger partial charge in [-0.05, 0) is 53.2 Å². The van der Waals surface area contributed by atoms with Crippen LogP contribution in [0.15, 0.2) is 41.3 Å². The number of ether oxygens (including phenoxy) is 4. The van der Waals surface area contributed by atoms with Crippen molar-refractivity contribution in [3.8, 4) is 17.2 Å². The predicted octanol–water partition coefficient (Wildman–Crippen LogP) is 3.33. The Morgan fingerprint density at radius 3 is 2.35 bits per heavy atom. The van der Waals surface area contributed by atoms with Crippen LogP contribution in [0.5, 0.6) is 17.2 Å². The summed E-state index contributed by atoms with van der Waals surface area (Å²) in [4.78, 5) is 39.0. The molecule has 3 rings (SSSR count). The monoisotopic (exact) mass is 486 g/mol. The molecule has 0 radical (unpaired) electrons. The summed E-state index contributed by atoms with van der Waals surface area (Å²) in [6.07, 6.45) is 1.59. The van der Waals surface area contributed by atoms with Crippen molar-refractivity contribution in [2.24, 2.45) is 0 Å². The Balaban J connectivity index is 1.66. The number of nitrogens with zero attached hydrogens (tertiary/aromatic N) is 1. The molecule has 0 saturated carbocycles. The maximum atomic E-state index is 12.8. The number of imide groups is 1. The number of carbonyl (C=O) groups is 3. The largest absolute Gasteiger partial charge is 0.493 e. The zero-order valence-electron chi connectivity index (χ0n) is 19.4. The lowest BCUT2D eigenvalue weighted by atomic mass is 10.1. The summed E-state index contributed by atoms with van der Waals surface area (Å²) in [6, 6.07) is 10.4. The Morgan fingerprint density at radius 2 is 1.74 bits per heavy atom. The first kappa shape index (κ1) is 25.1. The number of methoxy groups -OCH3 is 4. The molecule has 0 bridgehead atoms. The molecule has 10 heteroatoms. The standard InChI is InChI=1S/C24H26N2O7S/c1-30-14-15-6-5-7-17(10-15)22(27)25-8-9-26-23(28)20(34-24(26)29)13-16-11-18(31-2)21(33-4)19(12-16)32-3/h5-7,10-13H,8-9,14H2,1-4H3,(H,25,27)/b20-13-. The van der Waals surface area contributed by atoms with Gasteiger partial charge in [-0.3, -0.25) is 19.3 Å². The van der Waals surface area contributed by atoms with E-state index in [2.05, 4.69) is 5.32 Å². The van der Waals surface area contributed by atoms with Crippen molar-refractivity contribution in [2.75, 3.05) is 41.5 Å². The zero-order valence-corrected chi connectivity index (χ0v) is 20.2. The van der Waals surface area contributed by atoms with E-state index < -0.39 is 11.1 Å². The van der Waals surface area contributed by atoms with Crippen molar-refractivity contribution in [3.05, 3.63) is 58.0 Å². The Bertz CT molecular complexity index is 1090. The van der Waals surface area contributed by atoms with Crippen LogP contribution in [-0.4, -0.2) is 63.5 Å². The van der Waals surface area contributed by atoms with Crippen molar-refractivity contribution >= 4 is 34.9 Å².